The third-order valence-corrected chi connectivity index (χ3v) is 4.07. The van der Waals surface area contributed by atoms with Crippen molar-refractivity contribution in [2.75, 3.05) is 11.5 Å². The largest absolute Gasteiger partial charge is 0.449 e. The van der Waals surface area contributed by atoms with Crippen LogP contribution in [-0.2, 0) is 14.9 Å². The van der Waals surface area contributed by atoms with Gasteiger partial charge in [0.1, 0.15) is 5.78 Å². The van der Waals surface area contributed by atoms with Gasteiger partial charge in [-0.15, -0.1) is 0 Å². The maximum absolute atomic E-state index is 12.3. The Morgan fingerprint density at radius 1 is 1.40 bits per heavy atom. The van der Waals surface area contributed by atoms with Crippen molar-refractivity contribution < 1.29 is 14.3 Å². The van der Waals surface area contributed by atoms with E-state index in [9.17, 15) is 9.59 Å². The van der Waals surface area contributed by atoms with E-state index in [1.165, 1.54) is 0 Å². The topological polar surface area (TPSA) is 46.6 Å². The number of amides is 1. The lowest BCUT2D eigenvalue weighted by Gasteiger charge is -2.31. The zero-order chi connectivity index (χ0) is 14.3. The summed E-state index contributed by atoms with van der Waals surface area (Å²) in [5, 5.41) is 0. The number of fused-ring (bicyclic) bond motifs is 3. The van der Waals surface area contributed by atoms with Gasteiger partial charge in [0.15, 0.2) is 0 Å². The zero-order valence-corrected chi connectivity index (χ0v) is 11.7. The van der Waals surface area contributed by atoms with Crippen LogP contribution >= 0.6 is 0 Å². The van der Waals surface area contributed by atoms with Gasteiger partial charge in [0.25, 0.3) is 0 Å². The first-order chi connectivity index (χ1) is 9.58. The predicted molar refractivity (Wildman–Crippen MR) is 75.6 cm³/mol. The van der Waals surface area contributed by atoms with E-state index >= 15 is 0 Å². The van der Waals surface area contributed by atoms with Gasteiger partial charge in [0, 0.05) is 24.0 Å². The smallest absolute Gasteiger partial charge is 0.418 e. The highest BCUT2D eigenvalue weighted by atomic mass is 16.6. The van der Waals surface area contributed by atoms with Crippen LogP contribution in [0.4, 0.5) is 10.5 Å². The van der Waals surface area contributed by atoms with E-state index in [0.717, 1.165) is 16.9 Å². The fourth-order valence-corrected chi connectivity index (χ4v) is 3.21. The van der Waals surface area contributed by atoms with Crippen LogP contribution in [-0.4, -0.2) is 18.5 Å². The Morgan fingerprint density at radius 3 is 2.90 bits per heavy atom. The lowest BCUT2D eigenvalue weighted by molar-refractivity contribution is -0.119. The Labute approximate surface area is 118 Å². The molecule has 1 unspecified atom stereocenters. The molecule has 0 bridgehead atoms. The molecule has 4 nitrogen and oxygen atoms in total. The van der Waals surface area contributed by atoms with E-state index in [1.807, 2.05) is 37.3 Å². The average molecular weight is 271 g/mol. The Morgan fingerprint density at radius 2 is 2.15 bits per heavy atom. The first-order valence-electron chi connectivity index (χ1n) is 6.86. The summed E-state index contributed by atoms with van der Waals surface area (Å²) in [4.78, 5) is 25.7. The van der Waals surface area contributed by atoms with Crippen LogP contribution < -0.4 is 4.90 Å². The number of hydrogen-bond acceptors (Lipinski definition) is 3. The highest BCUT2D eigenvalue weighted by Gasteiger charge is 2.48. The van der Waals surface area contributed by atoms with Crippen LogP contribution in [0.2, 0.25) is 0 Å². The maximum atomic E-state index is 12.3. The van der Waals surface area contributed by atoms with Gasteiger partial charge in [-0.05, 0) is 25.5 Å². The molecule has 0 saturated heterocycles. The molecule has 104 valence electrons. The molecule has 1 aliphatic heterocycles. The molecule has 0 fully saturated rings. The number of anilines is 1. The van der Waals surface area contributed by atoms with Crippen LogP contribution in [0.5, 0.6) is 0 Å². The second-order valence-electron chi connectivity index (χ2n) is 5.39. The summed E-state index contributed by atoms with van der Waals surface area (Å²) in [7, 11) is 0. The summed E-state index contributed by atoms with van der Waals surface area (Å²) >= 11 is 0. The maximum Gasteiger partial charge on any atom is 0.418 e. The van der Waals surface area contributed by atoms with Gasteiger partial charge in [-0.2, -0.15) is 0 Å². The van der Waals surface area contributed by atoms with Crippen LogP contribution in [0.15, 0.2) is 36.0 Å². The number of carbonyl (C=O) groups is 2. The second kappa shape index (κ2) is 4.47. The number of rotatable bonds is 1. The van der Waals surface area contributed by atoms with Crippen molar-refractivity contribution in [1.82, 2.24) is 0 Å². The highest BCUT2D eigenvalue weighted by molar-refractivity contribution is 5.99. The summed E-state index contributed by atoms with van der Waals surface area (Å²) in [5.41, 5.74) is 2.30. The normalized spacial score (nSPS) is 24.0. The van der Waals surface area contributed by atoms with Crippen LogP contribution in [0.25, 0.3) is 0 Å². The lowest BCUT2D eigenvalue weighted by Crippen LogP contribution is -2.37. The van der Waals surface area contributed by atoms with E-state index in [4.69, 9.17) is 4.74 Å². The number of hydrogen-bond donors (Lipinski definition) is 0. The van der Waals surface area contributed by atoms with Crippen molar-refractivity contribution in [2.45, 2.75) is 32.1 Å². The SMILES string of the molecule is CCOC(=O)N1C2=CCC(=O)CC2(C)c2ccccc21. The molecule has 1 aromatic rings. The molecular formula is C16H17NO3. The van der Waals surface area contributed by atoms with Gasteiger partial charge < -0.3 is 4.74 Å². The third kappa shape index (κ3) is 1.68. The van der Waals surface area contributed by atoms with E-state index in [2.05, 4.69) is 0 Å². The van der Waals surface area contributed by atoms with Crippen molar-refractivity contribution in [3.8, 4) is 0 Å². The molecule has 20 heavy (non-hydrogen) atoms. The number of ketones is 1. The van der Waals surface area contributed by atoms with E-state index < -0.39 is 5.41 Å². The molecule has 3 rings (SSSR count). The predicted octanol–water partition coefficient (Wildman–Crippen LogP) is 3.17. The molecule has 0 radical (unpaired) electrons. The summed E-state index contributed by atoms with van der Waals surface area (Å²) in [6.45, 7) is 4.15. The first-order valence-corrected chi connectivity index (χ1v) is 6.86. The van der Waals surface area contributed by atoms with Crippen LogP contribution in [0.1, 0.15) is 32.3 Å². The fraction of sp³-hybridized carbons (Fsp3) is 0.375. The van der Waals surface area contributed by atoms with Crippen molar-refractivity contribution in [2.24, 2.45) is 0 Å². The Hall–Kier alpha value is -2.10. The zero-order valence-electron chi connectivity index (χ0n) is 11.7. The Balaban J connectivity index is 2.16. The van der Waals surface area contributed by atoms with Crippen molar-refractivity contribution >= 4 is 17.6 Å². The van der Waals surface area contributed by atoms with E-state index in [1.54, 1.807) is 11.8 Å². The highest BCUT2D eigenvalue weighted by Crippen LogP contribution is 2.51. The Kier molecular flexibility index (Phi) is 2.89. The van der Waals surface area contributed by atoms with Gasteiger partial charge >= 0.3 is 6.09 Å². The molecule has 0 spiro atoms. The molecule has 2 aliphatic rings. The molecule has 0 aromatic heterocycles. The number of para-hydroxylation sites is 1. The average Bonchev–Trinajstić information content (AvgIpc) is 2.68. The molecule has 0 saturated carbocycles. The number of nitrogens with zero attached hydrogens (tertiary/aromatic N) is 1. The quantitative estimate of drug-likeness (QED) is 0.788. The minimum Gasteiger partial charge on any atom is -0.449 e. The minimum absolute atomic E-state index is 0.205. The second-order valence-corrected chi connectivity index (χ2v) is 5.39. The molecular weight excluding hydrogens is 254 g/mol. The molecule has 1 amide bonds. The van der Waals surface area contributed by atoms with Crippen LogP contribution in [0.3, 0.4) is 0 Å². The third-order valence-electron chi connectivity index (χ3n) is 4.07. The van der Waals surface area contributed by atoms with E-state index in [0.29, 0.717) is 19.4 Å². The molecule has 0 N–H and O–H groups in total. The number of Topliss-reactive ketones (excluding diaryl/α,β-unsaturated/α-hetero) is 1. The molecule has 1 aliphatic carbocycles. The standard InChI is InChI=1S/C16H17NO3/c1-3-20-15(19)17-13-7-5-4-6-12(13)16(2)10-11(18)8-9-14(16)17/h4-7,9H,3,8,10H2,1-2H3. The minimum atomic E-state index is -0.418. The van der Waals surface area contributed by atoms with Crippen molar-refractivity contribution in [3.05, 3.63) is 41.6 Å². The van der Waals surface area contributed by atoms with Gasteiger partial charge in [-0.25, -0.2) is 9.69 Å². The number of carbonyl (C=O) groups excluding carboxylic acids is 2. The fourth-order valence-electron chi connectivity index (χ4n) is 3.21. The number of ether oxygens (including phenoxy) is 1. The lowest BCUT2D eigenvalue weighted by atomic mass is 9.74. The number of benzene rings is 1. The molecule has 1 aromatic carbocycles. The van der Waals surface area contributed by atoms with E-state index in [-0.39, 0.29) is 11.9 Å². The summed E-state index contributed by atoms with van der Waals surface area (Å²) in [6.07, 6.45) is 2.31. The molecule has 1 atom stereocenters. The molecule has 4 heteroatoms. The van der Waals surface area contributed by atoms with Gasteiger partial charge in [-0.1, -0.05) is 24.3 Å². The summed E-state index contributed by atoms with van der Waals surface area (Å²) < 4.78 is 5.16. The van der Waals surface area contributed by atoms with Gasteiger partial charge in [0.2, 0.25) is 0 Å². The van der Waals surface area contributed by atoms with Gasteiger partial charge in [-0.3, -0.25) is 4.79 Å². The Bertz CT molecular complexity index is 620. The molecule has 1 heterocycles. The monoisotopic (exact) mass is 271 g/mol. The van der Waals surface area contributed by atoms with Crippen LogP contribution in [0, 0.1) is 0 Å². The first kappa shape index (κ1) is 12.9. The summed E-state index contributed by atoms with van der Waals surface area (Å²) in [5.74, 6) is 0.205. The van der Waals surface area contributed by atoms with Crippen molar-refractivity contribution in [1.29, 1.82) is 0 Å². The summed E-state index contributed by atoms with van der Waals surface area (Å²) in [6, 6.07) is 7.73. The van der Waals surface area contributed by atoms with Crippen molar-refractivity contribution in [3.63, 3.8) is 0 Å². The van der Waals surface area contributed by atoms with Gasteiger partial charge in [0.05, 0.1) is 12.3 Å². The number of allylic oxidation sites excluding steroid dienone is 2.